The van der Waals surface area contributed by atoms with Crippen LogP contribution in [0.15, 0.2) is 146 Å². The SMILES string of the molecule is CC(C)(C)c1cc(-c2cccc(N(c3cccc(C4CCCCC4)c3)c3ccc4c(c3)C(C)(C)c3ccccc3-4)c2)cc(-c2cc(-c3cc(C(C)(C)C)cc(C(C)(C)C)c3)cc(C(C)(C)C)c2)c1. The van der Waals surface area contributed by atoms with E-state index in [9.17, 15) is 0 Å². The van der Waals surface area contributed by atoms with Crippen molar-refractivity contribution in [2.75, 3.05) is 4.90 Å². The molecule has 0 amide bonds. The first-order valence-electron chi connectivity index (χ1n) is 25.7. The van der Waals surface area contributed by atoms with Crippen molar-refractivity contribution in [3.05, 3.63) is 185 Å². The van der Waals surface area contributed by atoms with Crippen LogP contribution in [0, 0.1) is 0 Å². The zero-order valence-corrected chi connectivity index (χ0v) is 43.9. The zero-order valence-electron chi connectivity index (χ0n) is 43.9. The average molecular weight is 896 g/mol. The van der Waals surface area contributed by atoms with E-state index >= 15 is 0 Å². The molecule has 0 radical (unpaired) electrons. The molecule has 7 aromatic rings. The molecule has 0 atom stereocenters. The Bertz CT molecular complexity index is 2960. The van der Waals surface area contributed by atoms with E-state index in [1.54, 1.807) is 0 Å². The van der Waals surface area contributed by atoms with Crippen LogP contribution in [0.25, 0.3) is 44.5 Å². The fourth-order valence-electron chi connectivity index (χ4n) is 10.9. The van der Waals surface area contributed by atoms with Crippen LogP contribution in [0.3, 0.4) is 0 Å². The maximum Gasteiger partial charge on any atom is 0.0467 e. The quantitative estimate of drug-likeness (QED) is 0.154. The normalized spacial score (nSPS) is 15.3. The third-order valence-electron chi connectivity index (χ3n) is 15.4. The molecule has 1 fully saturated rings. The van der Waals surface area contributed by atoms with Gasteiger partial charge in [0.05, 0.1) is 0 Å². The van der Waals surface area contributed by atoms with Gasteiger partial charge in [0.2, 0.25) is 0 Å². The van der Waals surface area contributed by atoms with Gasteiger partial charge in [0.1, 0.15) is 0 Å². The third kappa shape index (κ3) is 9.40. The number of hydrogen-bond acceptors (Lipinski definition) is 1. The Morgan fingerprint density at radius 2 is 0.809 bits per heavy atom. The second-order valence-electron chi connectivity index (χ2n) is 25.1. The molecule has 9 rings (SSSR count). The van der Waals surface area contributed by atoms with Crippen LogP contribution in [0.4, 0.5) is 17.1 Å². The lowest BCUT2D eigenvalue weighted by Crippen LogP contribution is -2.16. The molecule has 0 N–H and O–H groups in total. The Balaban J connectivity index is 1.21. The van der Waals surface area contributed by atoms with Gasteiger partial charge in [-0.2, -0.15) is 0 Å². The van der Waals surface area contributed by atoms with E-state index in [1.165, 1.54) is 133 Å². The van der Waals surface area contributed by atoms with Gasteiger partial charge in [0.15, 0.2) is 0 Å². The van der Waals surface area contributed by atoms with Gasteiger partial charge in [0, 0.05) is 22.5 Å². The van der Waals surface area contributed by atoms with E-state index in [1.807, 2.05) is 0 Å². The summed E-state index contributed by atoms with van der Waals surface area (Å²) in [7, 11) is 0. The van der Waals surface area contributed by atoms with E-state index in [-0.39, 0.29) is 27.1 Å². The predicted molar refractivity (Wildman–Crippen MR) is 296 cm³/mol. The van der Waals surface area contributed by atoms with Crippen LogP contribution in [0.2, 0.25) is 0 Å². The second-order valence-corrected chi connectivity index (χ2v) is 25.1. The van der Waals surface area contributed by atoms with Crippen LogP contribution in [-0.4, -0.2) is 0 Å². The highest BCUT2D eigenvalue weighted by molar-refractivity contribution is 5.87. The molecule has 0 aromatic heterocycles. The van der Waals surface area contributed by atoms with Crippen molar-refractivity contribution in [1.29, 1.82) is 0 Å². The Morgan fingerprint density at radius 3 is 1.35 bits per heavy atom. The van der Waals surface area contributed by atoms with Gasteiger partial charge in [-0.1, -0.05) is 213 Å². The van der Waals surface area contributed by atoms with Crippen molar-refractivity contribution in [2.45, 2.75) is 162 Å². The highest BCUT2D eigenvalue weighted by atomic mass is 15.1. The van der Waals surface area contributed by atoms with Crippen LogP contribution >= 0.6 is 0 Å². The molecular formula is C67H77N. The Kier molecular flexibility index (Phi) is 12.1. The van der Waals surface area contributed by atoms with Gasteiger partial charge in [-0.15, -0.1) is 0 Å². The lowest BCUT2D eigenvalue weighted by atomic mass is 9.77. The van der Waals surface area contributed by atoms with Gasteiger partial charge in [0.25, 0.3) is 0 Å². The summed E-state index contributed by atoms with van der Waals surface area (Å²) in [5.41, 5.74) is 23.4. The molecule has 0 saturated heterocycles. The minimum absolute atomic E-state index is 0.0295. The molecule has 350 valence electrons. The molecule has 0 heterocycles. The van der Waals surface area contributed by atoms with Crippen LogP contribution in [-0.2, 0) is 27.1 Å². The highest BCUT2D eigenvalue weighted by Crippen LogP contribution is 2.51. The zero-order chi connectivity index (χ0) is 48.6. The van der Waals surface area contributed by atoms with E-state index < -0.39 is 0 Å². The minimum atomic E-state index is -0.0996. The average Bonchev–Trinajstić information content (AvgIpc) is 3.53. The molecule has 7 aromatic carbocycles. The number of benzene rings is 7. The molecule has 2 aliphatic carbocycles. The Hall–Kier alpha value is -5.66. The molecule has 1 saturated carbocycles. The number of fused-ring (bicyclic) bond motifs is 3. The summed E-state index contributed by atoms with van der Waals surface area (Å²) >= 11 is 0. The third-order valence-corrected chi connectivity index (χ3v) is 15.4. The van der Waals surface area contributed by atoms with Crippen molar-refractivity contribution >= 4 is 17.1 Å². The maximum atomic E-state index is 2.53. The van der Waals surface area contributed by atoms with E-state index in [0.29, 0.717) is 5.92 Å². The predicted octanol–water partition coefficient (Wildman–Crippen LogP) is 19.7. The molecule has 68 heavy (non-hydrogen) atoms. The van der Waals surface area contributed by atoms with Crippen LogP contribution in [0.1, 0.15) is 174 Å². The van der Waals surface area contributed by atoms with E-state index in [2.05, 4.69) is 247 Å². The molecular weight excluding hydrogens is 819 g/mol. The highest BCUT2D eigenvalue weighted by Gasteiger charge is 2.36. The summed E-state index contributed by atoms with van der Waals surface area (Å²) in [4.78, 5) is 2.53. The molecule has 0 aliphatic heterocycles. The van der Waals surface area contributed by atoms with Crippen molar-refractivity contribution in [2.24, 2.45) is 0 Å². The topological polar surface area (TPSA) is 3.24 Å². The van der Waals surface area contributed by atoms with Crippen molar-refractivity contribution < 1.29 is 0 Å². The molecule has 0 bridgehead atoms. The van der Waals surface area contributed by atoms with Crippen LogP contribution in [0.5, 0.6) is 0 Å². The number of anilines is 3. The first-order chi connectivity index (χ1) is 31.9. The first kappa shape index (κ1) is 47.4. The number of rotatable bonds is 7. The van der Waals surface area contributed by atoms with Crippen molar-refractivity contribution in [1.82, 2.24) is 0 Å². The molecule has 0 unspecified atom stereocenters. The van der Waals surface area contributed by atoms with E-state index in [0.717, 1.165) is 0 Å². The largest absolute Gasteiger partial charge is 0.310 e. The van der Waals surface area contributed by atoms with Crippen molar-refractivity contribution in [3.8, 4) is 44.5 Å². The van der Waals surface area contributed by atoms with Gasteiger partial charge >= 0.3 is 0 Å². The van der Waals surface area contributed by atoms with E-state index in [4.69, 9.17) is 0 Å². The minimum Gasteiger partial charge on any atom is -0.310 e. The molecule has 1 nitrogen and oxygen atoms in total. The Labute approximate surface area is 411 Å². The number of nitrogens with zero attached hydrogens (tertiary/aromatic N) is 1. The standard InChI is InChI=1S/C67H77N/c1-63(2,3)52-34-47(32-48(35-52)49-33-50(37-53(36-49)64(4,5)6)51-38-54(65(7,8)9)42-55(39-51)66(10,11)12)46-25-21-27-57(41-46)68(56-26-20-24-45(40-56)44-22-16-15-17-23-44)58-30-31-60-59-28-18-19-29-61(59)67(13,14)62(60)43-58/h18-21,24-44H,15-17,22-23H2,1-14H3. The molecule has 0 spiro atoms. The lowest BCUT2D eigenvalue weighted by molar-refractivity contribution is 0.443. The fraction of sp³-hybridized carbons (Fsp3) is 0.373. The van der Waals surface area contributed by atoms with Gasteiger partial charge < -0.3 is 4.90 Å². The van der Waals surface area contributed by atoms with Crippen LogP contribution < -0.4 is 4.90 Å². The van der Waals surface area contributed by atoms with Gasteiger partial charge in [-0.3, -0.25) is 0 Å². The maximum absolute atomic E-state index is 2.53. The fourth-order valence-corrected chi connectivity index (χ4v) is 10.9. The lowest BCUT2D eigenvalue weighted by Gasteiger charge is -2.30. The summed E-state index contributed by atoms with van der Waals surface area (Å²) < 4.78 is 0. The summed E-state index contributed by atoms with van der Waals surface area (Å²) in [6, 6.07) is 57.1. The second kappa shape index (κ2) is 17.4. The summed E-state index contributed by atoms with van der Waals surface area (Å²) in [6.07, 6.45) is 6.55. The molecule has 2 aliphatic rings. The summed E-state index contributed by atoms with van der Waals surface area (Å²) in [6.45, 7) is 32.9. The summed E-state index contributed by atoms with van der Waals surface area (Å²) in [5, 5.41) is 0. The first-order valence-corrected chi connectivity index (χ1v) is 25.7. The van der Waals surface area contributed by atoms with Gasteiger partial charge in [-0.25, -0.2) is 0 Å². The van der Waals surface area contributed by atoms with Gasteiger partial charge in [-0.05, 0) is 172 Å². The summed E-state index contributed by atoms with van der Waals surface area (Å²) in [5.74, 6) is 0.615. The van der Waals surface area contributed by atoms with Crippen molar-refractivity contribution in [3.63, 3.8) is 0 Å². The smallest absolute Gasteiger partial charge is 0.0467 e. The number of hydrogen-bond donors (Lipinski definition) is 0. The Morgan fingerprint density at radius 1 is 0.368 bits per heavy atom. The molecule has 1 heteroatoms. The monoisotopic (exact) mass is 896 g/mol.